The van der Waals surface area contributed by atoms with Crippen LogP contribution >= 0.6 is 0 Å². The summed E-state index contributed by atoms with van der Waals surface area (Å²) in [5, 5.41) is 3.42. The van der Waals surface area contributed by atoms with E-state index in [0.29, 0.717) is 6.10 Å². The van der Waals surface area contributed by atoms with Crippen LogP contribution in [0.2, 0.25) is 0 Å². The van der Waals surface area contributed by atoms with E-state index in [4.69, 9.17) is 4.74 Å². The second-order valence-electron chi connectivity index (χ2n) is 5.50. The van der Waals surface area contributed by atoms with Gasteiger partial charge in [0.1, 0.15) is 0 Å². The molecule has 2 heteroatoms. The van der Waals surface area contributed by atoms with Crippen LogP contribution in [-0.4, -0.2) is 25.8 Å². The first-order valence-corrected chi connectivity index (χ1v) is 7.67. The number of morpholine rings is 1. The molecule has 1 fully saturated rings. The van der Waals surface area contributed by atoms with Crippen LogP contribution < -0.4 is 5.32 Å². The van der Waals surface area contributed by atoms with Gasteiger partial charge in [-0.2, -0.15) is 0 Å². The Morgan fingerprint density at radius 2 is 1.82 bits per heavy atom. The molecule has 0 amide bonds. The van der Waals surface area contributed by atoms with Crippen LogP contribution in [0.15, 0.2) is 0 Å². The molecule has 1 aliphatic rings. The first kappa shape index (κ1) is 15.0. The van der Waals surface area contributed by atoms with E-state index in [1.165, 1.54) is 51.4 Å². The molecule has 0 bridgehead atoms. The zero-order valence-electron chi connectivity index (χ0n) is 11.8. The van der Waals surface area contributed by atoms with Gasteiger partial charge in [-0.1, -0.05) is 58.8 Å². The van der Waals surface area contributed by atoms with Crippen molar-refractivity contribution in [2.45, 2.75) is 71.3 Å². The third-order valence-corrected chi connectivity index (χ3v) is 3.85. The molecule has 0 aliphatic carbocycles. The molecule has 0 aromatic heterocycles. The smallest absolute Gasteiger partial charge is 0.0725 e. The molecule has 0 aromatic carbocycles. The van der Waals surface area contributed by atoms with Gasteiger partial charge in [-0.25, -0.2) is 0 Å². The maximum Gasteiger partial charge on any atom is 0.0725 e. The molecular formula is C15H31NO. The van der Waals surface area contributed by atoms with Crippen molar-refractivity contribution in [3.05, 3.63) is 0 Å². The minimum atomic E-state index is 0.462. The van der Waals surface area contributed by atoms with Gasteiger partial charge < -0.3 is 10.1 Å². The van der Waals surface area contributed by atoms with Crippen molar-refractivity contribution in [1.82, 2.24) is 5.32 Å². The summed E-state index contributed by atoms with van der Waals surface area (Å²) in [5.41, 5.74) is 0. The topological polar surface area (TPSA) is 21.3 Å². The normalized spacial score (nSPS) is 22.6. The highest BCUT2D eigenvalue weighted by molar-refractivity contribution is 4.72. The van der Waals surface area contributed by atoms with Crippen LogP contribution in [-0.2, 0) is 4.74 Å². The molecule has 2 nitrogen and oxygen atoms in total. The molecule has 2 unspecified atom stereocenters. The van der Waals surface area contributed by atoms with E-state index in [9.17, 15) is 0 Å². The largest absolute Gasteiger partial charge is 0.375 e. The van der Waals surface area contributed by atoms with E-state index in [2.05, 4.69) is 19.2 Å². The summed E-state index contributed by atoms with van der Waals surface area (Å²) in [6, 6.07) is 0. The van der Waals surface area contributed by atoms with Crippen molar-refractivity contribution in [3.63, 3.8) is 0 Å². The fourth-order valence-corrected chi connectivity index (χ4v) is 2.56. The first-order chi connectivity index (χ1) is 8.34. The summed E-state index contributed by atoms with van der Waals surface area (Å²) in [4.78, 5) is 0. The molecule has 1 aliphatic heterocycles. The number of rotatable bonds is 9. The predicted octanol–water partition coefficient (Wildman–Crippen LogP) is 3.75. The number of hydrogen-bond acceptors (Lipinski definition) is 2. The average Bonchev–Trinajstić information content (AvgIpc) is 2.38. The maximum atomic E-state index is 5.79. The number of ether oxygens (including phenoxy) is 1. The molecule has 2 atom stereocenters. The Hall–Kier alpha value is -0.0800. The minimum Gasteiger partial charge on any atom is -0.375 e. The SMILES string of the molecule is CCCCCCCCCC(C)C1CNCCO1. The van der Waals surface area contributed by atoms with E-state index in [0.717, 1.165) is 25.6 Å². The molecule has 102 valence electrons. The van der Waals surface area contributed by atoms with Crippen molar-refractivity contribution < 1.29 is 4.74 Å². The number of unbranched alkanes of at least 4 members (excludes halogenated alkanes) is 6. The fourth-order valence-electron chi connectivity index (χ4n) is 2.56. The van der Waals surface area contributed by atoms with Crippen molar-refractivity contribution in [2.75, 3.05) is 19.7 Å². The molecule has 17 heavy (non-hydrogen) atoms. The zero-order chi connectivity index (χ0) is 12.3. The van der Waals surface area contributed by atoms with Gasteiger partial charge in [-0.15, -0.1) is 0 Å². The molecule has 0 aromatic rings. The Morgan fingerprint density at radius 3 is 2.47 bits per heavy atom. The van der Waals surface area contributed by atoms with E-state index < -0.39 is 0 Å². The molecule has 1 saturated heterocycles. The molecule has 1 rings (SSSR count). The van der Waals surface area contributed by atoms with E-state index in [1.54, 1.807) is 0 Å². The molecule has 0 radical (unpaired) electrons. The second-order valence-corrected chi connectivity index (χ2v) is 5.50. The van der Waals surface area contributed by atoms with Gasteiger partial charge in [0.25, 0.3) is 0 Å². The van der Waals surface area contributed by atoms with Crippen LogP contribution in [0.3, 0.4) is 0 Å². The van der Waals surface area contributed by atoms with Gasteiger partial charge >= 0.3 is 0 Å². The van der Waals surface area contributed by atoms with Crippen molar-refractivity contribution >= 4 is 0 Å². The highest BCUT2D eigenvalue weighted by atomic mass is 16.5. The first-order valence-electron chi connectivity index (χ1n) is 7.67. The fraction of sp³-hybridized carbons (Fsp3) is 1.00. The summed E-state index contributed by atoms with van der Waals surface area (Å²) < 4.78 is 5.79. The summed E-state index contributed by atoms with van der Waals surface area (Å²) in [6.45, 7) is 7.60. The van der Waals surface area contributed by atoms with Crippen molar-refractivity contribution in [2.24, 2.45) is 5.92 Å². The Kier molecular flexibility index (Phi) is 8.72. The van der Waals surface area contributed by atoms with Gasteiger partial charge in [0.05, 0.1) is 12.7 Å². The average molecular weight is 241 g/mol. The molecule has 1 N–H and O–H groups in total. The van der Waals surface area contributed by atoms with Crippen LogP contribution in [0.1, 0.15) is 65.2 Å². The lowest BCUT2D eigenvalue weighted by Gasteiger charge is -2.28. The van der Waals surface area contributed by atoms with E-state index >= 15 is 0 Å². The quantitative estimate of drug-likeness (QED) is 0.621. The molecule has 0 spiro atoms. The lowest BCUT2D eigenvalue weighted by Crippen LogP contribution is -2.41. The van der Waals surface area contributed by atoms with Gasteiger partial charge in [0.15, 0.2) is 0 Å². The van der Waals surface area contributed by atoms with E-state index in [-0.39, 0.29) is 0 Å². The van der Waals surface area contributed by atoms with Crippen LogP contribution in [0.25, 0.3) is 0 Å². The monoisotopic (exact) mass is 241 g/mol. The van der Waals surface area contributed by atoms with Crippen LogP contribution in [0.4, 0.5) is 0 Å². The Balaban J connectivity index is 1.90. The second kappa shape index (κ2) is 9.90. The third kappa shape index (κ3) is 7.05. The summed E-state index contributed by atoms with van der Waals surface area (Å²) >= 11 is 0. The van der Waals surface area contributed by atoms with Crippen LogP contribution in [0, 0.1) is 5.92 Å². The lowest BCUT2D eigenvalue weighted by molar-refractivity contribution is -0.00692. The van der Waals surface area contributed by atoms with Gasteiger partial charge in [0, 0.05) is 13.1 Å². The summed E-state index contributed by atoms with van der Waals surface area (Å²) in [6.07, 6.45) is 11.6. The number of hydrogen-bond donors (Lipinski definition) is 1. The third-order valence-electron chi connectivity index (χ3n) is 3.85. The van der Waals surface area contributed by atoms with E-state index in [1.807, 2.05) is 0 Å². The minimum absolute atomic E-state index is 0.462. The molecule has 0 saturated carbocycles. The van der Waals surface area contributed by atoms with Gasteiger partial charge in [-0.3, -0.25) is 0 Å². The Labute approximate surface area is 108 Å². The number of nitrogens with one attached hydrogen (secondary N) is 1. The summed E-state index contributed by atoms with van der Waals surface area (Å²) in [7, 11) is 0. The standard InChI is InChI=1S/C15H31NO/c1-3-4-5-6-7-8-9-10-14(2)15-13-16-11-12-17-15/h14-16H,3-13H2,1-2H3. The summed E-state index contributed by atoms with van der Waals surface area (Å²) in [5.74, 6) is 0.721. The Bertz CT molecular complexity index is 166. The Morgan fingerprint density at radius 1 is 1.12 bits per heavy atom. The van der Waals surface area contributed by atoms with Crippen LogP contribution in [0.5, 0.6) is 0 Å². The lowest BCUT2D eigenvalue weighted by atomic mass is 9.96. The molecular weight excluding hydrogens is 210 g/mol. The van der Waals surface area contributed by atoms with Gasteiger partial charge in [0.2, 0.25) is 0 Å². The highest BCUT2D eigenvalue weighted by Gasteiger charge is 2.19. The van der Waals surface area contributed by atoms with Crippen molar-refractivity contribution in [3.8, 4) is 0 Å². The molecule has 1 heterocycles. The van der Waals surface area contributed by atoms with Gasteiger partial charge in [-0.05, 0) is 12.3 Å². The zero-order valence-corrected chi connectivity index (χ0v) is 11.8. The van der Waals surface area contributed by atoms with Crippen molar-refractivity contribution in [1.29, 1.82) is 0 Å². The maximum absolute atomic E-state index is 5.79. The predicted molar refractivity (Wildman–Crippen MR) is 74.4 cm³/mol. The highest BCUT2D eigenvalue weighted by Crippen LogP contribution is 2.18.